The van der Waals surface area contributed by atoms with Gasteiger partial charge in [-0.25, -0.2) is 4.68 Å². The number of hydrogen-bond donors (Lipinski definition) is 2. The highest BCUT2D eigenvalue weighted by Crippen LogP contribution is 2.46. The van der Waals surface area contributed by atoms with E-state index in [1.807, 2.05) is 0 Å². The van der Waals surface area contributed by atoms with Gasteiger partial charge in [-0.15, -0.1) is 0 Å². The van der Waals surface area contributed by atoms with Crippen LogP contribution in [0.1, 0.15) is 41.2 Å². The smallest absolute Gasteiger partial charge is 0.410 e. The molecule has 0 aromatic carbocycles. The summed E-state index contributed by atoms with van der Waals surface area (Å²) < 4.78 is 52.5. The standard InChI is InChI=1S/C19H23ClF3N5O3/c20-15-16(18(29)24-4-2-5-27-6-9-30-10-7-27)26-28-14(19(21,22)23)11-12(25-17(15)28)13-3-1-8-31-13/h1,3,8,12,14,25H,2,4-7,9-11H2,(H,24,29)/t12-,14-/m1/s1. The Balaban J connectivity index is 1.45. The Bertz CT molecular complexity index is 896. The van der Waals surface area contributed by atoms with E-state index in [9.17, 15) is 18.0 Å². The first kappa shape index (κ1) is 22.0. The number of fused-ring (bicyclic) bond motifs is 1. The van der Waals surface area contributed by atoms with Crippen LogP contribution in [0.25, 0.3) is 0 Å². The average Bonchev–Trinajstić information content (AvgIpc) is 3.39. The summed E-state index contributed by atoms with van der Waals surface area (Å²) in [6.45, 7) is 4.21. The predicted octanol–water partition coefficient (Wildman–Crippen LogP) is 3.24. The van der Waals surface area contributed by atoms with Crippen molar-refractivity contribution in [1.82, 2.24) is 20.0 Å². The predicted molar refractivity (Wildman–Crippen MR) is 106 cm³/mol. The van der Waals surface area contributed by atoms with Crippen LogP contribution in [0, 0.1) is 0 Å². The Morgan fingerprint density at radius 1 is 1.35 bits per heavy atom. The summed E-state index contributed by atoms with van der Waals surface area (Å²) in [6, 6.07) is 0.516. The first-order valence-corrected chi connectivity index (χ1v) is 10.5. The maximum atomic E-state index is 13.7. The van der Waals surface area contributed by atoms with Crippen molar-refractivity contribution in [2.75, 3.05) is 44.7 Å². The maximum Gasteiger partial charge on any atom is 0.410 e. The molecule has 4 heterocycles. The second-order valence-corrected chi connectivity index (χ2v) is 7.90. The van der Waals surface area contributed by atoms with Crippen molar-refractivity contribution in [3.05, 3.63) is 34.9 Å². The Hall–Kier alpha value is -2.24. The Morgan fingerprint density at radius 2 is 2.13 bits per heavy atom. The van der Waals surface area contributed by atoms with Gasteiger partial charge in [0, 0.05) is 26.1 Å². The van der Waals surface area contributed by atoms with Gasteiger partial charge < -0.3 is 19.8 Å². The molecule has 0 spiro atoms. The van der Waals surface area contributed by atoms with Crippen molar-refractivity contribution < 1.29 is 27.1 Å². The minimum Gasteiger partial charge on any atom is -0.467 e. The van der Waals surface area contributed by atoms with Gasteiger partial charge in [-0.3, -0.25) is 9.69 Å². The Morgan fingerprint density at radius 3 is 2.81 bits per heavy atom. The molecular formula is C19H23ClF3N5O3. The summed E-state index contributed by atoms with van der Waals surface area (Å²) in [5, 5.41) is 9.40. The van der Waals surface area contributed by atoms with Crippen LogP contribution in [-0.2, 0) is 4.74 Å². The molecule has 1 amide bonds. The quantitative estimate of drug-likeness (QED) is 0.642. The van der Waals surface area contributed by atoms with Crippen molar-refractivity contribution in [2.45, 2.75) is 31.1 Å². The number of amides is 1. The molecule has 170 valence electrons. The first-order chi connectivity index (χ1) is 14.8. The molecule has 2 aliphatic rings. The molecule has 0 bridgehead atoms. The van der Waals surface area contributed by atoms with Gasteiger partial charge in [0.2, 0.25) is 0 Å². The fraction of sp³-hybridized carbons (Fsp3) is 0.579. The van der Waals surface area contributed by atoms with Gasteiger partial charge in [0.15, 0.2) is 11.7 Å². The minimum absolute atomic E-state index is 0.0462. The molecule has 31 heavy (non-hydrogen) atoms. The highest BCUT2D eigenvalue weighted by atomic mass is 35.5. The lowest BCUT2D eigenvalue weighted by molar-refractivity contribution is -0.174. The number of anilines is 1. The molecule has 12 heteroatoms. The monoisotopic (exact) mass is 461 g/mol. The fourth-order valence-electron chi connectivity index (χ4n) is 3.82. The highest BCUT2D eigenvalue weighted by Gasteiger charge is 2.48. The lowest BCUT2D eigenvalue weighted by Crippen LogP contribution is -2.38. The maximum absolute atomic E-state index is 13.7. The van der Waals surface area contributed by atoms with Crippen molar-refractivity contribution in [1.29, 1.82) is 0 Å². The van der Waals surface area contributed by atoms with E-state index >= 15 is 0 Å². The van der Waals surface area contributed by atoms with Crippen LogP contribution in [0.3, 0.4) is 0 Å². The van der Waals surface area contributed by atoms with E-state index in [0.717, 1.165) is 24.3 Å². The second-order valence-electron chi connectivity index (χ2n) is 7.52. The van der Waals surface area contributed by atoms with Gasteiger partial charge in [0.05, 0.1) is 25.5 Å². The summed E-state index contributed by atoms with van der Waals surface area (Å²) in [7, 11) is 0. The number of carbonyl (C=O) groups is 1. The summed E-state index contributed by atoms with van der Waals surface area (Å²) in [5.74, 6) is -0.298. The molecule has 2 aliphatic heterocycles. The molecule has 2 aromatic rings. The third-order valence-electron chi connectivity index (χ3n) is 5.44. The van der Waals surface area contributed by atoms with Crippen molar-refractivity contribution in [3.63, 3.8) is 0 Å². The number of alkyl halides is 3. The van der Waals surface area contributed by atoms with Crippen LogP contribution in [0.4, 0.5) is 19.0 Å². The minimum atomic E-state index is -4.57. The number of morpholine rings is 1. The van der Waals surface area contributed by atoms with Crippen molar-refractivity contribution in [3.8, 4) is 0 Å². The Labute approximate surface area is 181 Å². The van der Waals surface area contributed by atoms with E-state index < -0.39 is 24.2 Å². The number of aromatic nitrogens is 2. The van der Waals surface area contributed by atoms with Crippen LogP contribution in [0.2, 0.25) is 5.02 Å². The lowest BCUT2D eigenvalue weighted by atomic mass is 10.0. The number of halogens is 4. The number of nitrogens with one attached hydrogen (secondary N) is 2. The molecule has 8 nitrogen and oxygen atoms in total. The van der Waals surface area contributed by atoms with E-state index in [1.54, 1.807) is 12.1 Å². The van der Waals surface area contributed by atoms with Gasteiger partial charge in [0.25, 0.3) is 5.91 Å². The number of hydrogen-bond acceptors (Lipinski definition) is 6. The third-order valence-corrected chi connectivity index (χ3v) is 5.80. The van der Waals surface area contributed by atoms with Crippen LogP contribution >= 0.6 is 11.6 Å². The number of rotatable bonds is 6. The number of ether oxygens (including phenoxy) is 1. The molecule has 0 saturated carbocycles. The van der Waals surface area contributed by atoms with Crippen molar-refractivity contribution >= 4 is 23.3 Å². The van der Waals surface area contributed by atoms with Gasteiger partial charge in [-0.1, -0.05) is 11.6 Å². The molecule has 2 N–H and O–H groups in total. The van der Waals surface area contributed by atoms with Gasteiger partial charge in [-0.05, 0) is 25.1 Å². The fourth-order valence-corrected chi connectivity index (χ4v) is 4.09. The first-order valence-electron chi connectivity index (χ1n) is 10.1. The van der Waals surface area contributed by atoms with E-state index in [0.29, 0.717) is 31.9 Å². The molecular weight excluding hydrogens is 439 g/mol. The summed E-state index contributed by atoms with van der Waals surface area (Å²) in [5.41, 5.74) is -0.232. The van der Waals surface area contributed by atoms with Gasteiger partial charge in [0.1, 0.15) is 16.6 Å². The highest BCUT2D eigenvalue weighted by molar-refractivity contribution is 6.36. The summed E-state index contributed by atoms with van der Waals surface area (Å²) >= 11 is 6.29. The third kappa shape index (κ3) is 4.83. The zero-order chi connectivity index (χ0) is 22.0. The molecule has 1 fully saturated rings. The molecule has 2 atom stereocenters. The van der Waals surface area contributed by atoms with E-state index in [4.69, 9.17) is 20.8 Å². The topological polar surface area (TPSA) is 84.6 Å². The van der Waals surface area contributed by atoms with Crippen LogP contribution < -0.4 is 10.6 Å². The zero-order valence-electron chi connectivity index (χ0n) is 16.6. The van der Waals surface area contributed by atoms with Gasteiger partial charge >= 0.3 is 6.18 Å². The molecule has 1 saturated heterocycles. The summed E-state index contributed by atoms with van der Waals surface area (Å²) in [4.78, 5) is 14.8. The number of carbonyl (C=O) groups excluding carboxylic acids is 1. The molecule has 0 unspecified atom stereocenters. The van der Waals surface area contributed by atoms with Gasteiger partial charge in [-0.2, -0.15) is 18.3 Å². The lowest BCUT2D eigenvalue weighted by Gasteiger charge is -2.32. The van der Waals surface area contributed by atoms with Crippen LogP contribution in [0.15, 0.2) is 22.8 Å². The van der Waals surface area contributed by atoms with Crippen LogP contribution in [-0.4, -0.2) is 66.2 Å². The zero-order valence-corrected chi connectivity index (χ0v) is 17.4. The average molecular weight is 462 g/mol. The Kier molecular flexibility index (Phi) is 6.44. The summed E-state index contributed by atoms with van der Waals surface area (Å²) in [6.07, 6.45) is -2.81. The molecule has 0 aliphatic carbocycles. The number of nitrogens with zero attached hydrogens (tertiary/aromatic N) is 3. The molecule has 2 aromatic heterocycles. The van der Waals surface area contributed by atoms with E-state index in [2.05, 4.69) is 20.6 Å². The van der Waals surface area contributed by atoms with Crippen molar-refractivity contribution in [2.24, 2.45) is 0 Å². The second kappa shape index (κ2) is 9.09. The molecule has 4 rings (SSSR count). The normalized spacial score (nSPS) is 22.1. The van der Waals surface area contributed by atoms with Crippen LogP contribution in [0.5, 0.6) is 0 Å². The SMILES string of the molecule is O=C(NCCCN1CCOCC1)c1nn2c(c1Cl)N[C@@H](c1ccco1)C[C@@H]2C(F)(F)F. The van der Waals surface area contributed by atoms with E-state index in [-0.39, 0.29) is 23.0 Å². The largest absolute Gasteiger partial charge is 0.467 e. The molecule has 0 radical (unpaired) electrons. The van der Waals surface area contributed by atoms with E-state index in [1.165, 1.54) is 6.26 Å². The number of furan rings is 1.